The first-order chi connectivity index (χ1) is 16.1. The summed E-state index contributed by atoms with van der Waals surface area (Å²) < 4.78 is 30.2. The number of carbonyl (C=O) groups is 1. The number of hydrogen-bond acceptors (Lipinski definition) is 4. The molecule has 0 unspecified atom stereocenters. The molecule has 0 saturated carbocycles. The highest BCUT2D eigenvalue weighted by Gasteiger charge is 2.22. The van der Waals surface area contributed by atoms with Gasteiger partial charge in [-0.15, -0.1) is 0 Å². The average molecular weight is 444 g/mol. The van der Waals surface area contributed by atoms with Gasteiger partial charge in [-0.2, -0.15) is 10.2 Å². The Morgan fingerprint density at radius 2 is 1.73 bits per heavy atom. The van der Waals surface area contributed by atoms with Gasteiger partial charge in [0.2, 0.25) is 0 Å². The molecule has 1 amide bonds. The van der Waals surface area contributed by atoms with Crippen molar-refractivity contribution in [3.63, 3.8) is 0 Å². The van der Waals surface area contributed by atoms with Crippen molar-refractivity contribution in [1.82, 2.24) is 24.4 Å². The van der Waals surface area contributed by atoms with Crippen LogP contribution in [0.15, 0.2) is 85.2 Å². The summed E-state index contributed by atoms with van der Waals surface area (Å²) in [6, 6.07) is 21.7. The number of aromatic nitrogens is 5. The Kier molecular flexibility index (Phi) is 5.35. The van der Waals surface area contributed by atoms with Gasteiger partial charge < -0.3 is 5.32 Å². The minimum atomic E-state index is -2.79. The SMILES string of the molecule is O=C(Nc1ccn(Cc2ccccc2)n1)c1cnn2c(C(F)F)cc(-c3ccccc3)nc12. The molecule has 7 nitrogen and oxygen atoms in total. The topological polar surface area (TPSA) is 77.1 Å². The third kappa shape index (κ3) is 4.20. The number of benzene rings is 2. The third-order valence-electron chi connectivity index (χ3n) is 5.11. The summed E-state index contributed by atoms with van der Waals surface area (Å²) in [5.41, 5.74) is 1.85. The number of rotatable bonds is 6. The molecule has 0 aliphatic carbocycles. The van der Waals surface area contributed by atoms with Crippen LogP contribution in [0.3, 0.4) is 0 Å². The first-order valence-electron chi connectivity index (χ1n) is 10.2. The van der Waals surface area contributed by atoms with E-state index in [2.05, 4.69) is 20.5 Å². The number of fused-ring (bicyclic) bond motifs is 1. The molecular weight excluding hydrogens is 426 g/mol. The lowest BCUT2D eigenvalue weighted by Gasteiger charge is -2.08. The lowest BCUT2D eigenvalue weighted by molar-refractivity contribution is 0.102. The second-order valence-electron chi connectivity index (χ2n) is 7.36. The molecule has 2 aromatic carbocycles. The van der Waals surface area contributed by atoms with Crippen LogP contribution in [0.25, 0.3) is 16.9 Å². The predicted molar refractivity (Wildman–Crippen MR) is 119 cm³/mol. The van der Waals surface area contributed by atoms with Crippen LogP contribution >= 0.6 is 0 Å². The van der Waals surface area contributed by atoms with Crippen molar-refractivity contribution < 1.29 is 13.6 Å². The number of amides is 1. The van der Waals surface area contributed by atoms with Crippen molar-refractivity contribution in [3.8, 4) is 11.3 Å². The molecular formula is C24H18F2N6O. The summed E-state index contributed by atoms with van der Waals surface area (Å²) in [6.45, 7) is 0.549. The van der Waals surface area contributed by atoms with E-state index in [1.807, 2.05) is 36.4 Å². The molecule has 33 heavy (non-hydrogen) atoms. The van der Waals surface area contributed by atoms with E-state index < -0.39 is 12.3 Å². The second kappa shape index (κ2) is 8.62. The quantitative estimate of drug-likeness (QED) is 0.407. The van der Waals surface area contributed by atoms with E-state index in [-0.39, 0.29) is 16.9 Å². The number of nitrogens with zero attached hydrogens (tertiary/aromatic N) is 5. The molecule has 1 N–H and O–H groups in total. The van der Waals surface area contributed by atoms with Gasteiger partial charge in [0.05, 0.1) is 18.4 Å². The van der Waals surface area contributed by atoms with Crippen LogP contribution in [0, 0.1) is 0 Å². The van der Waals surface area contributed by atoms with E-state index in [1.165, 1.54) is 12.3 Å². The van der Waals surface area contributed by atoms with Crippen molar-refractivity contribution in [2.45, 2.75) is 13.0 Å². The van der Waals surface area contributed by atoms with Crippen LogP contribution in [0.5, 0.6) is 0 Å². The Hall–Kier alpha value is -4.40. The zero-order valence-electron chi connectivity index (χ0n) is 17.3. The van der Waals surface area contributed by atoms with Crippen LogP contribution in [0.1, 0.15) is 28.0 Å². The minimum absolute atomic E-state index is 0.0490. The molecule has 0 saturated heterocycles. The number of halogens is 2. The van der Waals surface area contributed by atoms with Gasteiger partial charge >= 0.3 is 0 Å². The molecule has 5 rings (SSSR count). The van der Waals surface area contributed by atoms with Gasteiger partial charge in [-0.05, 0) is 11.6 Å². The van der Waals surface area contributed by atoms with E-state index in [4.69, 9.17) is 0 Å². The number of nitrogens with one attached hydrogen (secondary N) is 1. The van der Waals surface area contributed by atoms with E-state index in [0.29, 0.717) is 23.6 Å². The van der Waals surface area contributed by atoms with Crippen LogP contribution in [-0.4, -0.2) is 30.3 Å². The monoisotopic (exact) mass is 444 g/mol. The lowest BCUT2D eigenvalue weighted by atomic mass is 10.1. The first kappa shape index (κ1) is 20.5. The van der Waals surface area contributed by atoms with E-state index in [1.54, 1.807) is 41.2 Å². The standard InChI is InChI=1S/C24H18F2N6O/c25-22(26)20-13-19(17-9-5-2-6-10-17)28-23-18(14-27-32(20)23)24(33)29-21-11-12-31(30-21)15-16-7-3-1-4-8-16/h1-14,22H,15H2,(H,29,30,33). The number of carbonyl (C=O) groups excluding carboxylic acids is 1. The number of alkyl halides is 2. The lowest BCUT2D eigenvalue weighted by Crippen LogP contribution is -2.13. The number of anilines is 1. The van der Waals surface area contributed by atoms with Gasteiger partial charge in [-0.1, -0.05) is 60.7 Å². The molecule has 0 atom stereocenters. The molecule has 0 aliphatic heterocycles. The molecule has 164 valence electrons. The second-order valence-corrected chi connectivity index (χ2v) is 7.36. The van der Waals surface area contributed by atoms with E-state index in [0.717, 1.165) is 10.1 Å². The molecule has 9 heteroatoms. The molecule has 0 radical (unpaired) electrons. The van der Waals surface area contributed by atoms with Crippen molar-refractivity contribution in [1.29, 1.82) is 0 Å². The molecule has 3 aromatic heterocycles. The van der Waals surface area contributed by atoms with Crippen LogP contribution in [0.4, 0.5) is 14.6 Å². The maximum atomic E-state index is 13.7. The summed E-state index contributed by atoms with van der Waals surface area (Å²) in [6.07, 6.45) is 0.195. The molecule has 3 heterocycles. The highest BCUT2D eigenvalue weighted by molar-refractivity contribution is 6.07. The Morgan fingerprint density at radius 1 is 1.00 bits per heavy atom. The summed E-state index contributed by atoms with van der Waals surface area (Å²) in [5, 5.41) is 11.0. The van der Waals surface area contributed by atoms with Crippen LogP contribution in [-0.2, 0) is 6.54 Å². The normalized spacial score (nSPS) is 11.2. The zero-order chi connectivity index (χ0) is 22.8. The fourth-order valence-electron chi connectivity index (χ4n) is 3.53. The molecule has 0 bridgehead atoms. The molecule has 0 fully saturated rings. The van der Waals surface area contributed by atoms with Crippen molar-refractivity contribution in [2.24, 2.45) is 0 Å². The van der Waals surface area contributed by atoms with Crippen LogP contribution in [0.2, 0.25) is 0 Å². The summed E-state index contributed by atoms with van der Waals surface area (Å²) >= 11 is 0. The zero-order valence-corrected chi connectivity index (χ0v) is 17.3. The Bertz CT molecular complexity index is 1410. The Balaban J connectivity index is 1.45. The van der Waals surface area contributed by atoms with E-state index in [9.17, 15) is 13.6 Å². The average Bonchev–Trinajstić information content (AvgIpc) is 3.46. The molecule has 5 aromatic rings. The molecule has 0 aliphatic rings. The highest BCUT2D eigenvalue weighted by atomic mass is 19.3. The van der Waals surface area contributed by atoms with Gasteiger partial charge in [-0.25, -0.2) is 18.3 Å². The number of hydrogen-bond donors (Lipinski definition) is 1. The Labute approximate surface area is 187 Å². The van der Waals surface area contributed by atoms with Crippen molar-refractivity contribution in [3.05, 3.63) is 102 Å². The van der Waals surface area contributed by atoms with Crippen molar-refractivity contribution in [2.75, 3.05) is 5.32 Å². The van der Waals surface area contributed by atoms with Crippen LogP contribution < -0.4 is 5.32 Å². The predicted octanol–water partition coefficient (Wildman–Crippen LogP) is 4.83. The summed E-state index contributed by atoms with van der Waals surface area (Å²) in [4.78, 5) is 17.4. The maximum Gasteiger partial charge on any atom is 0.280 e. The minimum Gasteiger partial charge on any atom is -0.305 e. The van der Waals surface area contributed by atoms with Gasteiger partial charge in [0, 0.05) is 17.8 Å². The van der Waals surface area contributed by atoms with Gasteiger partial charge in [0.25, 0.3) is 12.3 Å². The highest BCUT2D eigenvalue weighted by Crippen LogP contribution is 2.27. The van der Waals surface area contributed by atoms with Gasteiger partial charge in [-0.3, -0.25) is 9.48 Å². The maximum absolute atomic E-state index is 13.7. The largest absolute Gasteiger partial charge is 0.305 e. The fourth-order valence-corrected chi connectivity index (χ4v) is 3.53. The first-order valence-corrected chi connectivity index (χ1v) is 10.2. The van der Waals surface area contributed by atoms with Crippen molar-refractivity contribution >= 4 is 17.4 Å². The summed E-state index contributed by atoms with van der Waals surface area (Å²) in [5.74, 6) is -0.198. The van der Waals surface area contributed by atoms with E-state index >= 15 is 0 Å². The molecule has 0 spiro atoms. The fraction of sp³-hybridized carbons (Fsp3) is 0.0833. The van der Waals surface area contributed by atoms with Gasteiger partial charge in [0.15, 0.2) is 11.5 Å². The smallest absolute Gasteiger partial charge is 0.280 e. The third-order valence-corrected chi connectivity index (χ3v) is 5.11. The summed E-state index contributed by atoms with van der Waals surface area (Å²) in [7, 11) is 0. The van der Waals surface area contributed by atoms with Gasteiger partial charge in [0.1, 0.15) is 11.3 Å². The Morgan fingerprint density at radius 3 is 2.45 bits per heavy atom.